The van der Waals surface area contributed by atoms with Crippen molar-refractivity contribution in [3.8, 4) is 17.3 Å². The van der Waals surface area contributed by atoms with Crippen LogP contribution in [0.2, 0.25) is 0 Å². The highest BCUT2D eigenvalue weighted by molar-refractivity contribution is 5.73. The van der Waals surface area contributed by atoms with E-state index in [0.717, 1.165) is 24.2 Å². The number of nitro benzene ring substituents is 1. The number of aryl methyl sites for hydroxylation is 1. The molecule has 7 nitrogen and oxygen atoms in total. The number of nitrogens with one attached hydrogen (secondary N) is 1. The molecule has 0 spiro atoms. The van der Waals surface area contributed by atoms with Crippen LogP contribution in [0.15, 0.2) is 24.3 Å². The van der Waals surface area contributed by atoms with Crippen LogP contribution in [0.3, 0.4) is 0 Å². The van der Waals surface area contributed by atoms with Crippen LogP contribution in [0.1, 0.15) is 17.7 Å². The maximum Gasteiger partial charge on any atom is 0.278 e. The highest BCUT2D eigenvalue weighted by Gasteiger charge is 2.25. The van der Waals surface area contributed by atoms with Gasteiger partial charge in [-0.05, 0) is 6.07 Å². The highest BCUT2D eigenvalue weighted by atomic mass is 16.6. The molecule has 7 heteroatoms. The Morgan fingerprint density at radius 3 is 3.05 bits per heavy atom. The van der Waals surface area contributed by atoms with Crippen LogP contribution >= 0.6 is 0 Å². The largest absolute Gasteiger partial charge is 0.312 e. The molecule has 1 aliphatic rings. The Morgan fingerprint density at radius 1 is 1.45 bits per heavy atom. The van der Waals surface area contributed by atoms with Gasteiger partial charge < -0.3 is 5.32 Å². The van der Waals surface area contributed by atoms with E-state index >= 15 is 0 Å². The smallest absolute Gasteiger partial charge is 0.278 e. The van der Waals surface area contributed by atoms with E-state index in [1.807, 2.05) is 4.68 Å². The van der Waals surface area contributed by atoms with Gasteiger partial charge in [0.1, 0.15) is 5.69 Å². The third kappa shape index (κ3) is 2.44. The minimum atomic E-state index is -0.383. The van der Waals surface area contributed by atoms with Crippen molar-refractivity contribution in [1.29, 1.82) is 5.26 Å². The molecule has 3 rings (SSSR count). The van der Waals surface area contributed by atoms with E-state index in [0.29, 0.717) is 30.8 Å². The number of aromatic nitrogens is 2. The lowest BCUT2D eigenvalue weighted by Gasteiger charge is -2.15. The molecule has 0 bridgehead atoms. The Hall–Kier alpha value is -2.72. The average molecular weight is 297 g/mol. The van der Waals surface area contributed by atoms with E-state index in [1.54, 1.807) is 18.2 Å². The van der Waals surface area contributed by atoms with Gasteiger partial charge in [-0.25, -0.2) is 0 Å². The average Bonchev–Trinajstić information content (AvgIpc) is 2.91. The molecule has 2 heterocycles. The molecule has 0 saturated heterocycles. The van der Waals surface area contributed by atoms with Gasteiger partial charge in [0.25, 0.3) is 5.69 Å². The van der Waals surface area contributed by atoms with E-state index < -0.39 is 0 Å². The van der Waals surface area contributed by atoms with Crippen molar-refractivity contribution in [2.45, 2.75) is 25.9 Å². The van der Waals surface area contributed by atoms with E-state index in [2.05, 4.69) is 16.5 Å². The molecule has 0 fully saturated rings. The number of fused-ring (bicyclic) bond motifs is 1. The number of para-hydroxylation sites is 1. The normalized spacial score (nSPS) is 13.4. The summed E-state index contributed by atoms with van der Waals surface area (Å²) in [5.74, 6) is 0. The first-order valence-electron chi connectivity index (χ1n) is 7.12. The Labute approximate surface area is 127 Å². The molecule has 2 aromatic rings. The van der Waals surface area contributed by atoms with Crippen LogP contribution < -0.4 is 5.32 Å². The van der Waals surface area contributed by atoms with Crippen LogP contribution in [0.4, 0.5) is 5.69 Å². The fourth-order valence-corrected chi connectivity index (χ4v) is 2.81. The molecule has 0 unspecified atom stereocenters. The SMILES string of the molecule is N#CCCn1nc(-c2ccccc2[N+](=O)[O-])c2c1CCNC2. The summed E-state index contributed by atoms with van der Waals surface area (Å²) in [4.78, 5) is 10.9. The molecule has 0 aliphatic carbocycles. The third-order valence-electron chi connectivity index (χ3n) is 3.80. The zero-order valence-corrected chi connectivity index (χ0v) is 12.0. The van der Waals surface area contributed by atoms with Gasteiger partial charge in [0.05, 0.1) is 29.5 Å². The molecule has 1 aromatic heterocycles. The molecule has 1 aliphatic heterocycles. The van der Waals surface area contributed by atoms with Crippen molar-refractivity contribution in [2.75, 3.05) is 6.54 Å². The zero-order chi connectivity index (χ0) is 15.5. The van der Waals surface area contributed by atoms with Crippen LogP contribution in [0.25, 0.3) is 11.3 Å². The third-order valence-corrected chi connectivity index (χ3v) is 3.80. The van der Waals surface area contributed by atoms with Crippen molar-refractivity contribution < 1.29 is 4.92 Å². The molecule has 0 atom stereocenters. The summed E-state index contributed by atoms with van der Waals surface area (Å²) in [6, 6.07) is 8.76. The van der Waals surface area contributed by atoms with Gasteiger partial charge in [0, 0.05) is 36.8 Å². The van der Waals surface area contributed by atoms with Crippen molar-refractivity contribution >= 4 is 5.69 Å². The number of hydrogen-bond donors (Lipinski definition) is 1. The number of nitrogens with zero attached hydrogens (tertiary/aromatic N) is 4. The first-order valence-corrected chi connectivity index (χ1v) is 7.12. The molecule has 0 amide bonds. The van der Waals surface area contributed by atoms with E-state index in [9.17, 15) is 10.1 Å². The zero-order valence-electron chi connectivity index (χ0n) is 12.0. The summed E-state index contributed by atoms with van der Waals surface area (Å²) in [5.41, 5.74) is 3.30. The topological polar surface area (TPSA) is 96.8 Å². The molecule has 112 valence electrons. The number of rotatable bonds is 4. The Kier molecular flexibility index (Phi) is 3.85. The predicted octanol–water partition coefficient (Wildman–Crippen LogP) is 2.02. The fourth-order valence-electron chi connectivity index (χ4n) is 2.81. The molecular formula is C15H15N5O2. The second-order valence-electron chi connectivity index (χ2n) is 5.11. The minimum absolute atomic E-state index is 0.0563. The van der Waals surface area contributed by atoms with Crippen LogP contribution in [-0.4, -0.2) is 21.2 Å². The Morgan fingerprint density at radius 2 is 2.27 bits per heavy atom. The first kappa shape index (κ1) is 14.2. The van der Waals surface area contributed by atoms with Crippen LogP contribution in [0.5, 0.6) is 0 Å². The quantitative estimate of drug-likeness (QED) is 0.688. The van der Waals surface area contributed by atoms with Crippen LogP contribution in [0, 0.1) is 21.4 Å². The van der Waals surface area contributed by atoms with E-state index in [4.69, 9.17) is 5.26 Å². The van der Waals surface area contributed by atoms with Gasteiger partial charge in [-0.3, -0.25) is 14.8 Å². The van der Waals surface area contributed by atoms with Crippen molar-refractivity contribution in [2.24, 2.45) is 0 Å². The number of nitriles is 1. The predicted molar refractivity (Wildman–Crippen MR) is 80.0 cm³/mol. The Bertz CT molecular complexity index is 760. The second kappa shape index (κ2) is 5.95. The molecule has 0 saturated carbocycles. The lowest BCUT2D eigenvalue weighted by Crippen LogP contribution is -2.25. The monoisotopic (exact) mass is 297 g/mol. The first-order chi connectivity index (χ1) is 10.7. The van der Waals surface area contributed by atoms with Gasteiger partial charge in [0.2, 0.25) is 0 Å². The van der Waals surface area contributed by atoms with E-state index in [1.165, 1.54) is 6.07 Å². The maximum atomic E-state index is 11.3. The van der Waals surface area contributed by atoms with Gasteiger partial charge >= 0.3 is 0 Å². The van der Waals surface area contributed by atoms with Gasteiger partial charge in [-0.2, -0.15) is 10.4 Å². The number of nitro groups is 1. The molecule has 22 heavy (non-hydrogen) atoms. The highest BCUT2D eigenvalue weighted by Crippen LogP contribution is 2.33. The molecule has 0 radical (unpaired) electrons. The summed E-state index contributed by atoms with van der Waals surface area (Å²) >= 11 is 0. The lowest BCUT2D eigenvalue weighted by atomic mass is 10.0. The second-order valence-corrected chi connectivity index (χ2v) is 5.11. The summed E-state index contributed by atoms with van der Waals surface area (Å²) in [6.45, 7) is 2.00. The Balaban J connectivity index is 2.14. The summed E-state index contributed by atoms with van der Waals surface area (Å²) in [5, 5.41) is 27.9. The minimum Gasteiger partial charge on any atom is -0.312 e. The maximum absolute atomic E-state index is 11.3. The lowest BCUT2D eigenvalue weighted by molar-refractivity contribution is -0.384. The van der Waals surface area contributed by atoms with Crippen molar-refractivity contribution in [1.82, 2.24) is 15.1 Å². The number of benzene rings is 1. The van der Waals surface area contributed by atoms with Crippen molar-refractivity contribution in [3.05, 3.63) is 45.6 Å². The standard InChI is InChI=1S/C15H15N5O2/c16-7-3-9-19-13-6-8-17-10-12(13)15(18-19)11-4-1-2-5-14(11)20(21)22/h1-2,4-5,17H,3,6,8-10H2. The van der Waals surface area contributed by atoms with Gasteiger partial charge in [-0.1, -0.05) is 12.1 Å². The summed E-state index contributed by atoms with van der Waals surface area (Å²) < 4.78 is 1.82. The fraction of sp³-hybridized carbons (Fsp3) is 0.333. The van der Waals surface area contributed by atoms with Crippen LogP contribution in [-0.2, 0) is 19.5 Å². The van der Waals surface area contributed by atoms with Gasteiger partial charge in [0.15, 0.2) is 0 Å². The summed E-state index contributed by atoms with van der Waals surface area (Å²) in [6.07, 6.45) is 1.19. The van der Waals surface area contributed by atoms with Gasteiger partial charge in [-0.15, -0.1) is 0 Å². The molecular weight excluding hydrogens is 282 g/mol. The van der Waals surface area contributed by atoms with E-state index in [-0.39, 0.29) is 10.6 Å². The molecule has 1 N–H and O–H groups in total. The number of hydrogen-bond acceptors (Lipinski definition) is 5. The molecule has 1 aromatic carbocycles. The summed E-state index contributed by atoms with van der Waals surface area (Å²) in [7, 11) is 0. The van der Waals surface area contributed by atoms with Crippen molar-refractivity contribution in [3.63, 3.8) is 0 Å².